The van der Waals surface area contributed by atoms with Crippen molar-refractivity contribution in [1.29, 1.82) is 0 Å². The number of aromatic hydroxyl groups is 1. The number of hydrogen-bond donors (Lipinski definition) is 1. The SMILES string of the molecule is COc1ccc(OC)c(-c2c(O)cccc2C(C)(C)C)c1. The van der Waals surface area contributed by atoms with Gasteiger partial charge < -0.3 is 14.6 Å². The van der Waals surface area contributed by atoms with E-state index >= 15 is 0 Å². The number of methoxy groups -OCH3 is 2. The van der Waals surface area contributed by atoms with Crippen molar-refractivity contribution in [2.24, 2.45) is 0 Å². The minimum Gasteiger partial charge on any atom is -0.507 e. The number of rotatable bonds is 3. The van der Waals surface area contributed by atoms with Crippen molar-refractivity contribution in [3.8, 4) is 28.4 Å². The summed E-state index contributed by atoms with van der Waals surface area (Å²) in [6.07, 6.45) is 0. The van der Waals surface area contributed by atoms with Crippen LogP contribution in [-0.2, 0) is 5.41 Å². The molecule has 0 aliphatic carbocycles. The van der Waals surface area contributed by atoms with Gasteiger partial charge in [-0.05, 0) is 35.2 Å². The molecule has 2 aromatic rings. The molecular weight excluding hydrogens is 264 g/mol. The average Bonchev–Trinajstić information content (AvgIpc) is 2.45. The predicted molar refractivity (Wildman–Crippen MR) is 85.3 cm³/mol. The standard InChI is InChI=1S/C18H22O3/c1-18(2,3)14-7-6-8-15(19)17(14)13-11-12(20-4)9-10-16(13)21-5/h6-11,19H,1-5H3. The summed E-state index contributed by atoms with van der Waals surface area (Å²) in [5, 5.41) is 10.4. The van der Waals surface area contributed by atoms with Gasteiger partial charge in [0.15, 0.2) is 0 Å². The Morgan fingerprint density at radius 2 is 1.67 bits per heavy atom. The fraction of sp³-hybridized carbons (Fsp3) is 0.333. The van der Waals surface area contributed by atoms with Crippen molar-refractivity contribution >= 4 is 0 Å². The summed E-state index contributed by atoms with van der Waals surface area (Å²) >= 11 is 0. The highest BCUT2D eigenvalue weighted by Gasteiger charge is 2.23. The maximum Gasteiger partial charge on any atom is 0.127 e. The second kappa shape index (κ2) is 5.68. The summed E-state index contributed by atoms with van der Waals surface area (Å²) < 4.78 is 10.8. The van der Waals surface area contributed by atoms with Crippen molar-refractivity contribution in [2.45, 2.75) is 26.2 Å². The molecule has 0 aliphatic rings. The van der Waals surface area contributed by atoms with Gasteiger partial charge in [-0.1, -0.05) is 32.9 Å². The Morgan fingerprint density at radius 1 is 0.952 bits per heavy atom. The molecule has 0 heterocycles. The fourth-order valence-electron chi connectivity index (χ4n) is 2.46. The number of phenols is 1. The zero-order valence-electron chi connectivity index (χ0n) is 13.2. The molecule has 0 atom stereocenters. The Bertz CT molecular complexity index is 639. The summed E-state index contributed by atoms with van der Waals surface area (Å²) in [4.78, 5) is 0. The van der Waals surface area contributed by atoms with E-state index in [0.29, 0.717) is 5.75 Å². The summed E-state index contributed by atoms with van der Waals surface area (Å²) in [6, 6.07) is 11.2. The first-order valence-corrected chi connectivity index (χ1v) is 6.93. The van der Waals surface area contributed by atoms with Gasteiger partial charge in [0.05, 0.1) is 14.2 Å². The van der Waals surface area contributed by atoms with Gasteiger partial charge in [0.2, 0.25) is 0 Å². The third-order valence-electron chi connectivity index (χ3n) is 3.53. The lowest BCUT2D eigenvalue weighted by Crippen LogP contribution is -2.13. The van der Waals surface area contributed by atoms with Gasteiger partial charge in [0.25, 0.3) is 0 Å². The van der Waals surface area contributed by atoms with E-state index in [1.54, 1.807) is 20.3 Å². The zero-order valence-corrected chi connectivity index (χ0v) is 13.2. The Kier molecular flexibility index (Phi) is 4.12. The first-order valence-electron chi connectivity index (χ1n) is 6.93. The molecule has 2 rings (SSSR count). The maximum absolute atomic E-state index is 10.4. The Morgan fingerprint density at radius 3 is 2.24 bits per heavy atom. The molecule has 0 saturated carbocycles. The van der Waals surface area contributed by atoms with Crippen LogP contribution >= 0.6 is 0 Å². The molecule has 0 fully saturated rings. The van der Waals surface area contributed by atoms with Crippen LogP contribution < -0.4 is 9.47 Å². The molecule has 3 nitrogen and oxygen atoms in total. The largest absolute Gasteiger partial charge is 0.507 e. The zero-order chi connectivity index (χ0) is 15.6. The van der Waals surface area contributed by atoms with E-state index in [4.69, 9.17) is 9.47 Å². The fourth-order valence-corrected chi connectivity index (χ4v) is 2.46. The van der Waals surface area contributed by atoms with Crippen molar-refractivity contribution < 1.29 is 14.6 Å². The minimum absolute atomic E-state index is 0.0951. The molecule has 0 aliphatic heterocycles. The maximum atomic E-state index is 10.4. The predicted octanol–water partition coefficient (Wildman–Crippen LogP) is 4.37. The molecule has 0 aromatic heterocycles. The highest BCUT2D eigenvalue weighted by Crippen LogP contribution is 2.43. The molecule has 0 amide bonds. The van der Waals surface area contributed by atoms with Crippen molar-refractivity contribution in [3.05, 3.63) is 42.0 Å². The molecule has 112 valence electrons. The van der Waals surface area contributed by atoms with Crippen LogP contribution in [0.3, 0.4) is 0 Å². The molecule has 21 heavy (non-hydrogen) atoms. The Balaban J connectivity index is 2.77. The van der Waals surface area contributed by atoms with Crippen molar-refractivity contribution in [3.63, 3.8) is 0 Å². The van der Waals surface area contributed by atoms with Crippen molar-refractivity contribution in [2.75, 3.05) is 14.2 Å². The first kappa shape index (κ1) is 15.2. The van der Waals surface area contributed by atoms with Gasteiger partial charge in [0, 0.05) is 11.1 Å². The van der Waals surface area contributed by atoms with Crippen LogP contribution in [0.1, 0.15) is 26.3 Å². The summed E-state index contributed by atoms with van der Waals surface area (Å²) in [5.74, 6) is 1.69. The molecule has 0 spiro atoms. The van der Waals surface area contributed by atoms with E-state index in [9.17, 15) is 5.11 Å². The molecule has 3 heteroatoms. The lowest BCUT2D eigenvalue weighted by molar-refractivity contribution is 0.404. The number of hydrogen-bond acceptors (Lipinski definition) is 3. The lowest BCUT2D eigenvalue weighted by atomic mass is 9.81. The normalized spacial score (nSPS) is 11.3. The molecule has 0 bridgehead atoms. The van der Waals surface area contributed by atoms with Crippen LogP contribution in [0.15, 0.2) is 36.4 Å². The van der Waals surface area contributed by atoms with Crippen LogP contribution in [0.5, 0.6) is 17.2 Å². The summed E-state index contributed by atoms with van der Waals surface area (Å²) in [6.45, 7) is 6.37. The molecule has 0 saturated heterocycles. The number of benzene rings is 2. The van der Waals surface area contributed by atoms with Crippen LogP contribution in [0.25, 0.3) is 11.1 Å². The minimum atomic E-state index is -0.0951. The van der Waals surface area contributed by atoms with Gasteiger partial charge in [-0.3, -0.25) is 0 Å². The summed E-state index contributed by atoms with van der Waals surface area (Å²) in [5.41, 5.74) is 2.59. The average molecular weight is 286 g/mol. The number of phenolic OH excluding ortho intramolecular Hbond substituents is 1. The first-order chi connectivity index (χ1) is 9.88. The van der Waals surface area contributed by atoms with Gasteiger partial charge in [-0.25, -0.2) is 0 Å². The molecule has 1 N–H and O–H groups in total. The van der Waals surface area contributed by atoms with Gasteiger partial charge in [0.1, 0.15) is 17.2 Å². The molecule has 0 unspecified atom stereocenters. The smallest absolute Gasteiger partial charge is 0.127 e. The third kappa shape index (κ3) is 2.97. The van der Waals surface area contributed by atoms with E-state index in [0.717, 1.165) is 22.4 Å². The Hall–Kier alpha value is -2.16. The van der Waals surface area contributed by atoms with E-state index in [2.05, 4.69) is 20.8 Å². The number of ether oxygens (including phenoxy) is 2. The third-order valence-corrected chi connectivity index (χ3v) is 3.53. The van der Waals surface area contributed by atoms with Gasteiger partial charge in [-0.15, -0.1) is 0 Å². The van der Waals surface area contributed by atoms with Crippen molar-refractivity contribution in [1.82, 2.24) is 0 Å². The highest BCUT2D eigenvalue weighted by molar-refractivity contribution is 5.80. The van der Waals surface area contributed by atoms with E-state index in [-0.39, 0.29) is 11.2 Å². The van der Waals surface area contributed by atoms with E-state index in [1.165, 1.54) is 0 Å². The summed E-state index contributed by atoms with van der Waals surface area (Å²) in [7, 11) is 3.25. The molecule has 2 aromatic carbocycles. The Labute approximate surface area is 126 Å². The van der Waals surface area contributed by atoms with E-state index < -0.39 is 0 Å². The van der Waals surface area contributed by atoms with Crippen LogP contribution in [0, 0.1) is 0 Å². The second-order valence-electron chi connectivity index (χ2n) is 6.02. The molecule has 0 radical (unpaired) electrons. The second-order valence-corrected chi connectivity index (χ2v) is 6.02. The lowest BCUT2D eigenvalue weighted by Gasteiger charge is -2.24. The van der Waals surface area contributed by atoms with Crippen LogP contribution in [-0.4, -0.2) is 19.3 Å². The van der Waals surface area contributed by atoms with Crippen LogP contribution in [0.4, 0.5) is 0 Å². The van der Waals surface area contributed by atoms with Gasteiger partial charge >= 0.3 is 0 Å². The quantitative estimate of drug-likeness (QED) is 0.910. The highest BCUT2D eigenvalue weighted by atomic mass is 16.5. The molecular formula is C18H22O3. The topological polar surface area (TPSA) is 38.7 Å². The van der Waals surface area contributed by atoms with Gasteiger partial charge in [-0.2, -0.15) is 0 Å². The van der Waals surface area contributed by atoms with E-state index in [1.807, 2.05) is 30.3 Å². The van der Waals surface area contributed by atoms with Crippen LogP contribution in [0.2, 0.25) is 0 Å². The monoisotopic (exact) mass is 286 g/mol.